The number of aromatic amines is 1. The fourth-order valence-corrected chi connectivity index (χ4v) is 1.80. The van der Waals surface area contributed by atoms with Crippen LogP contribution in [0.2, 0.25) is 0 Å². The molecule has 1 aromatic carbocycles. The Labute approximate surface area is 117 Å². The zero-order valence-electron chi connectivity index (χ0n) is 11.9. The Bertz CT molecular complexity index is 577. The van der Waals surface area contributed by atoms with Crippen LogP contribution in [0, 0.1) is 0 Å². The summed E-state index contributed by atoms with van der Waals surface area (Å²) in [5.41, 5.74) is 1.02. The number of hydrogen-bond donors (Lipinski definition) is 1. The topological polar surface area (TPSA) is 71.1 Å². The van der Waals surface area contributed by atoms with Gasteiger partial charge in [-0.3, -0.25) is 9.89 Å². The van der Waals surface area contributed by atoms with Crippen LogP contribution in [0.5, 0.6) is 5.75 Å². The van der Waals surface area contributed by atoms with Gasteiger partial charge in [-0.2, -0.15) is 0 Å². The van der Waals surface area contributed by atoms with Crippen molar-refractivity contribution in [3.05, 3.63) is 41.5 Å². The van der Waals surface area contributed by atoms with Crippen LogP contribution in [0.3, 0.4) is 0 Å². The molecule has 0 fully saturated rings. The minimum Gasteiger partial charge on any atom is -0.497 e. The normalized spacial score (nSPS) is 10.3. The second-order valence-corrected chi connectivity index (χ2v) is 4.47. The summed E-state index contributed by atoms with van der Waals surface area (Å²) in [6.07, 6.45) is 0.725. The molecule has 106 valence electrons. The molecule has 0 aliphatic rings. The Hall–Kier alpha value is -2.37. The number of carbonyl (C=O) groups excluding carboxylic acids is 1. The molecule has 1 aromatic heterocycles. The number of hydrogen-bond acceptors (Lipinski definition) is 4. The second-order valence-electron chi connectivity index (χ2n) is 4.47. The number of nitrogens with one attached hydrogen (secondary N) is 1. The van der Waals surface area contributed by atoms with Crippen molar-refractivity contribution in [2.75, 3.05) is 14.2 Å². The first-order chi connectivity index (χ1) is 9.63. The molecule has 1 N–H and O–H groups in total. The quantitative estimate of drug-likeness (QED) is 0.900. The van der Waals surface area contributed by atoms with Gasteiger partial charge in [-0.1, -0.05) is 19.1 Å². The highest BCUT2D eigenvalue weighted by Gasteiger charge is 2.16. The van der Waals surface area contributed by atoms with Gasteiger partial charge in [-0.05, 0) is 17.7 Å². The molecule has 1 heterocycles. The number of carbonyl (C=O) groups is 1. The van der Waals surface area contributed by atoms with Crippen molar-refractivity contribution in [2.24, 2.45) is 0 Å². The van der Waals surface area contributed by atoms with Gasteiger partial charge >= 0.3 is 0 Å². The van der Waals surface area contributed by atoms with E-state index >= 15 is 0 Å². The molecule has 20 heavy (non-hydrogen) atoms. The molecule has 0 saturated heterocycles. The van der Waals surface area contributed by atoms with E-state index in [1.165, 1.54) is 0 Å². The van der Waals surface area contributed by atoms with Crippen LogP contribution in [0.1, 0.15) is 28.9 Å². The van der Waals surface area contributed by atoms with Crippen LogP contribution >= 0.6 is 0 Å². The van der Waals surface area contributed by atoms with Crippen molar-refractivity contribution < 1.29 is 9.53 Å². The maximum Gasteiger partial charge on any atom is 0.293 e. The highest BCUT2D eigenvalue weighted by molar-refractivity contribution is 5.90. The predicted octanol–water partition coefficient (Wildman–Crippen LogP) is 1.65. The third-order valence-corrected chi connectivity index (χ3v) is 2.98. The van der Waals surface area contributed by atoms with E-state index in [2.05, 4.69) is 15.2 Å². The third-order valence-electron chi connectivity index (χ3n) is 2.98. The van der Waals surface area contributed by atoms with Crippen molar-refractivity contribution in [1.82, 2.24) is 20.1 Å². The van der Waals surface area contributed by atoms with Crippen LogP contribution in [0.4, 0.5) is 0 Å². The number of aryl methyl sites for hydroxylation is 1. The minimum atomic E-state index is -0.197. The van der Waals surface area contributed by atoms with Crippen molar-refractivity contribution in [3.8, 4) is 5.75 Å². The summed E-state index contributed by atoms with van der Waals surface area (Å²) in [5, 5.41) is 6.67. The number of rotatable bonds is 5. The molecular formula is C14H18N4O2. The van der Waals surface area contributed by atoms with Crippen molar-refractivity contribution in [1.29, 1.82) is 0 Å². The zero-order valence-corrected chi connectivity index (χ0v) is 11.9. The van der Waals surface area contributed by atoms with E-state index in [-0.39, 0.29) is 11.7 Å². The van der Waals surface area contributed by atoms with Gasteiger partial charge < -0.3 is 9.64 Å². The number of aromatic nitrogens is 3. The molecule has 2 rings (SSSR count). The number of benzene rings is 1. The molecule has 0 radical (unpaired) electrons. The molecule has 6 nitrogen and oxygen atoms in total. The summed E-state index contributed by atoms with van der Waals surface area (Å²) in [6, 6.07) is 7.60. The number of H-pyrrole nitrogens is 1. The summed E-state index contributed by atoms with van der Waals surface area (Å²) in [6.45, 7) is 2.45. The van der Waals surface area contributed by atoms with E-state index < -0.39 is 0 Å². The van der Waals surface area contributed by atoms with Crippen LogP contribution in [-0.4, -0.2) is 40.1 Å². The molecule has 0 aliphatic carbocycles. The molecular weight excluding hydrogens is 256 g/mol. The van der Waals surface area contributed by atoms with E-state index in [0.717, 1.165) is 17.7 Å². The zero-order chi connectivity index (χ0) is 14.5. The molecule has 2 aromatic rings. The molecule has 0 saturated carbocycles. The van der Waals surface area contributed by atoms with Gasteiger partial charge in [0.25, 0.3) is 5.91 Å². The standard InChI is InChI=1S/C14H18N4O2/c1-4-12-15-13(17-16-12)14(19)18(2)9-10-5-7-11(20-3)8-6-10/h5-8H,4,9H2,1-3H3,(H,15,16,17). The average molecular weight is 274 g/mol. The van der Waals surface area contributed by atoms with Gasteiger partial charge in [-0.25, -0.2) is 4.98 Å². The number of nitrogens with zero attached hydrogens (tertiary/aromatic N) is 3. The number of amides is 1. The fraction of sp³-hybridized carbons (Fsp3) is 0.357. The lowest BCUT2D eigenvalue weighted by Gasteiger charge is -2.15. The van der Waals surface area contributed by atoms with E-state index in [4.69, 9.17) is 4.74 Å². The molecule has 0 atom stereocenters. The van der Waals surface area contributed by atoms with E-state index in [1.54, 1.807) is 19.1 Å². The highest BCUT2D eigenvalue weighted by atomic mass is 16.5. The fourth-order valence-electron chi connectivity index (χ4n) is 1.80. The van der Waals surface area contributed by atoms with Crippen LogP contribution in [0.15, 0.2) is 24.3 Å². The Kier molecular flexibility index (Phi) is 4.34. The highest BCUT2D eigenvalue weighted by Crippen LogP contribution is 2.13. The lowest BCUT2D eigenvalue weighted by atomic mass is 10.2. The van der Waals surface area contributed by atoms with E-state index in [9.17, 15) is 4.79 Å². The lowest BCUT2D eigenvalue weighted by molar-refractivity contribution is 0.0773. The number of ether oxygens (including phenoxy) is 1. The van der Waals surface area contributed by atoms with Gasteiger partial charge in [-0.15, -0.1) is 5.10 Å². The first-order valence-corrected chi connectivity index (χ1v) is 6.43. The monoisotopic (exact) mass is 274 g/mol. The van der Waals surface area contributed by atoms with E-state index in [1.807, 2.05) is 31.2 Å². The van der Waals surface area contributed by atoms with Crippen LogP contribution < -0.4 is 4.74 Å². The van der Waals surface area contributed by atoms with Crippen LogP contribution in [-0.2, 0) is 13.0 Å². The summed E-state index contributed by atoms with van der Waals surface area (Å²) >= 11 is 0. The molecule has 6 heteroatoms. The Morgan fingerprint density at radius 2 is 2.05 bits per heavy atom. The maximum absolute atomic E-state index is 12.2. The average Bonchev–Trinajstić information content (AvgIpc) is 2.96. The van der Waals surface area contributed by atoms with Crippen LogP contribution in [0.25, 0.3) is 0 Å². The van der Waals surface area contributed by atoms with E-state index in [0.29, 0.717) is 12.4 Å². The summed E-state index contributed by atoms with van der Waals surface area (Å²) in [4.78, 5) is 17.9. The first-order valence-electron chi connectivity index (χ1n) is 6.43. The Morgan fingerprint density at radius 1 is 1.35 bits per heavy atom. The molecule has 0 bridgehead atoms. The molecule has 0 unspecified atom stereocenters. The van der Waals surface area contributed by atoms with Crippen molar-refractivity contribution in [3.63, 3.8) is 0 Å². The molecule has 0 spiro atoms. The summed E-state index contributed by atoms with van der Waals surface area (Å²) < 4.78 is 5.10. The summed E-state index contributed by atoms with van der Waals surface area (Å²) in [5.74, 6) is 1.52. The second kappa shape index (κ2) is 6.18. The third kappa shape index (κ3) is 3.14. The largest absolute Gasteiger partial charge is 0.497 e. The minimum absolute atomic E-state index is 0.197. The SMILES string of the molecule is CCc1nc(C(=O)N(C)Cc2ccc(OC)cc2)n[nH]1. The van der Waals surface area contributed by atoms with Gasteiger partial charge in [0.05, 0.1) is 7.11 Å². The maximum atomic E-state index is 12.2. The molecule has 1 amide bonds. The van der Waals surface area contributed by atoms with Gasteiger partial charge in [0.1, 0.15) is 11.6 Å². The van der Waals surface area contributed by atoms with Crippen molar-refractivity contribution >= 4 is 5.91 Å². The van der Waals surface area contributed by atoms with Crippen molar-refractivity contribution in [2.45, 2.75) is 19.9 Å². The Morgan fingerprint density at radius 3 is 2.60 bits per heavy atom. The summed E-state index contributed by atoms with van der Waals surface area (Å²) in [7, 11) is 3.35. The predicted molar refractivity (Wildman–Crippen MR) is 74.6 cm³/mol. The Balaban J connectivity index is 2.02. The van der Waals surface area contributed by atoms with Gasteiger partial charge in [0.2, 0.25) is 5.82 Å². The first kappa shape index (κ1) is 14.0. The smallest absolute Gasteiger partial charge is 0.293 e. The number of methoxy groups -OCH3 is 1. The van der Waals surface area contributed by atoms with Gasteiger partial charge in [0, 0.05) is 20.0 Å². The lowest BCUT2D eigenvalue weighted by Crippen LogP contribution is -2.27. The molecule has 0 aliphatic heterocycles. The van der Waals surface area contributed by atoms with Gasteiger partial charge in [0.15, 0.2) is 0 Å².